The zero-order chi connectivity index (χ0) is 23.1. The van der Waals surface area contributed by atoms with Gasteiger partial charge >= 0.3 is 5.97 Å². The van der Waals surface area contributed by atoms with Crippen LogP contribution in [0.2, 0.25) is 0 Å². The van der Waals surface area contributed by atoms with Crippen LogP contribution in [0.5, 0.6) is 5.75 Å². The van der Waals surface area contributed by atoms with Gasteiger partial charge in [-0.25, -0.2) is 14.6 Å². The molecule has 3 rings (SSSR count). The Morgan fingerprint density at radius 3 is 2.53 bits per heavy atom. The summed E-state index contributed by atoms with van der Waals surface area (Å²) in [6.45, 7) is 0.273. The number of carboxylic acid groups (broad SMARTS) is 1. The SMILES string of the molecule is N#Cc1ccc(C(=O)N/N=C/c2ccc(OCc3ccc(C(=O)O)cc3)c(I)c2)c(F)c1. The number of hydrogen-bond donors (Lipinski definition) is 2. The van der Waals surface area contributed by atoms with E-state index in [1.54, 1.807) is 36.4 Å². The molecule has 0 aliphatic rings. The van der Waals surface area contributed by atoms with Gasteiger partial charge in [0.05, 0.1) is 32.5 Å². The molecule has 0 aliphatic carbocycles. The minimum absolute atomic E-state index is 0.122. The van der Waals surface area contributed by atoms with Crippen LogP contribution in [0.3, 0.4) is 0 Å². The lowest BCUT2D eigenvalue weighted by Crippen LogP contribution is -2.19. The molecule has 0 aromatic heterocycles. The van der Waals surface area contributed by atoms with Crippen molar-refractivity contribution in [2.45, 2.75) is 6.61 Å². The highest BCUT2D eigenvalue weighted by Gasteiger charge is 2.11. The largest absolute Gasteiger partial charge is 0.488 e. The standard InChI is InChI=1S/C23H15FIN3O4/c24-19-9-15(11-26)3-7-18(19)22(29)28-27-12-16-4-8-21(20(25)10-16)32-13-14-1-5-17(6-2-14)23(30)31/h1-10,12H,13H2,(H,28,29)(H,30,31)/b27-12+. The zero-order valence-electron chi connectivity index (χ0n) is 16.4. The lowest BCUT2D eigenvalue weighted by Gasteiger charge is -2.09. The molecular formula is C23H15FIN3O4. The molecule has 32 heavy (non-hydrogen) atoms. The molecule has 0 bridgehead atoms. The molecule has 0 radical (unpaired) electrons. The van der Waals surface area contributed by atoms with Crippen LogP contribution < -0.4 is 10.2 Å². The van der Waals surface area contributed by atoms with Crippen LogP contribution in [0.15, 0.2) is 65.8 Å². The topological polar surface area (TPSA) is 112 Å². The van der Waals surface area contributed by atoms with E-state index in [0.29, 0.717) is 11.3 Å². The minimum atomic E-state index is -0.984. The number of ether oxygens (including phenoxy) is 1. The summed E-state index contributed by atoms with van der Waals surface area (Å²) in [4.78, 5) is 23.0. The average molecular weight is 543 g/mol. The number of nitrogens with one attached hydrogen (secondary N) is 1. The van der Waals surface area contributed by atoms with Gasteiger partial charge in [-0.3, -0.25) is 4.79 Å². The summed E-state index contributed by atoms with van der Waals surface area (Å²) in [6.07, 6.45) is 1.41. The second-order valence-corrected chi connectivity index (χ2v) is 7.65. The molecule has 0 aliphatic heterocycles. The number of hydrogen-bond acceptors (Lipinski definition) is 5. The highest BCUT2D eigenvalue weighted by Crippen LogP contribution is 2.23. The molecule has 3 aromatic carbocycles. The van der Waals surface area contributed by atoms with Crippen molar-refractivity contribution in [2.24, 2.45) is 5.10 Å². The van der Waals surface area contributed by atoms with Crippen molar-refractivity contribution in [2.75, 3.05) is 0 Å². The van der Waals surface area contributed by atoms with Crippen LogP contribution in [0.4, 0.5) is 4.39 Å². The summed E-state index contributed by atoms with van der Waals surface area (Å²) in [7, 11) is 0. The number of carbonyl (C=O) groups is 2. The Kier molecular flexibility index (Phi) is 7.51. The third-order valence-electron chi connectivity index (χ3n) is 4.27. The fourth-order valence-corrected chi connectivity index (χ4v) is 3.31. The number of benzene rings is 3. The van der Waals surface area contributed by atoms with Crippen molar-refractivity contribution in [3.8, 4) is 11.8 Å². The predicted molar refractivity (Wildman–Crippen MR) is 123 cm³/mol. The van der Waals surface area contributed by atoms with Gasteiger partial charge in [-0.05, 0) is 82.2 Å². The van der Waals surface area contributed by atoms with E-state index < -0.39 is 17.7 Å². The molecule has 0 unspecified atom stereocenters. The van der Waals surface area contributed by atoms with Crippen LogP contribution in [0.1, 0.15) is 37.4 Å². The van der Waals surface area contributed by atoms with Gasteiger partial charge in [0.2, 0.25) is 0 Å². The second-order valence-electron chi connectivity index (χ2n) is 6.49. The maximum Gasteiger partial charge on any atom is 0.335 e. The van der Waals surface area contributed by atoms with Gasteiger partial charge in [-0.15, -0.1) is 0 Å². The summed E-state index contributed by atoms with van der Waals surface area (Å²) in [6, 6.07) is 17.1. The first-order valence-corrected chi connectivity index (χ1v) is 10.2. The summed E-state index contributed by atoms with van der Waals surface area (Å²) >= 11 is 2.10. The number of rotatable bonds is 7. The number of carboxylic acids is 1. The lowest BCUT2D eigenvalue weighted by molar-refractivity contribution is 0.0696. The third kappa shape index (κ3) is 5.89. The van der Waals surface area contributed by atoms with Crippen molar-refractivity contribution >= 4 is 40.7 Å². The Bertz CT molecular complexity index is 1240. The molecule has 7 nitrogen and oxygen atoms in total. The first-order valence-electron chi connectivity index (χ1n) is 9.15. The predicted octanol–water partition coefficient (Wildman–Crippen LogP) is 4.34. The highest BCUT2D eigenvalue weighted by molar-refractivity contribution is 14.1. The van der Waals surface area contributed by atoms with E-state index >= 15 is 0 Å². The monoisotopic (exact) mass is 543 g/mol. The molecule has 0 fully saturated rings. The summed E-state index contributed by atoms with van der Waals surface area (Å²) in [5.41, 5.74) is 3.89. The van der Waals surface area contributed by atoms with Gasteiger partial charge in [0.15, 0.2) is 0 Å². The molecule has 2 N–H and O–H groups in total. The van der Waals surface area contributed by atoms with E-state index in [4.69, 9.17) is 15.1 Å². The maximum absolute atomic E-state index is 13.9. The van der Waals surface area contributed by atoms with Crippen molar-refractivity contribution in [3.05, 3.63) is 97.9 Å². The number of nitrogens with zero attached hydrogens (tertiary/aromatic N) is 2. The summed E-state index contributed by atoms with van der Waals surface area (Å²) < 4.78 is 20.5. The molecular weight excluding hydrogens is 528 g/mol. The van der Waals surface area contributed by atoms with Crippen LogP contribution in [-0.2, 0) is 6.61 Å². The van der Waals surface area contributed by atoms with Gasteiger partial charge in [0.25, 0.3) is 5.91 Å². The van der Waals surface area contributed by atoms with E-state index in [1.165, 1.54) is 30.5 Å². The van der Waals surface area contributed by atoms with E-state index in [-0.39, 0.29) is 23.3 Å². The second kappa shape index (κ2) is 10.5. The molecule has 9 heteroatoms. The maximum atomic E-state index is 13.9. The Labute approximate surface area is 196 Å². The van der Waals surface area contributed by atoms with E-state index in [1.807, 2.05) is 0 Å². The van der Waals surface area contributed by atoms with Gasteiger partial charge in [0.1, 0.15) is 18.2 Å². The van der Waals surface area contributed by atoms with Crippen LogP contribution in [0.25, 0.3) is 0 Å². The average Bonchev–Trinajstić information content (AvgIpc) is 2.78. The summed E-state index contributed by atoms with van der Waals surface area (Å²) in [5, 5.41) is 21.5. The molecule has 0 saturated carbocycles. The van der Waals surface area contributed by atoms with Crippen molar-refractivity contribution in [3.63, 3.8) is 0 Å². The summed E-state index contributed by atoms with van der Waals surface area (Å²) in [5.74, 6) is -1.88. The third-order valence-corrected chi connectivity index (χ3v) is 5.12. The molecule has 0 saturated heterocycles. The Morgan fingerprint density at radius 1 is 1.16 bits per heavy atom. The van der Waals surface area contributed by atoms with Gasteiger partial charge < -0.3 is 9.84 Å². The van der Waals surface area contributed by atoms with Crippen LogP contribution >= 0.6 is 22.6 Å². The number of hydrazone groups is 1. The van der Waals surface area contributed by atoms with E-state index in [2.05, 4.69) is 33.1 Å². The normalized spacial score (nSPS) is 10.5. The molecule has 0 spiro atoms. The van der Waals surface area contributed by atoms with Crippen molar-refractivity contribution < 1.29 is 23.8 Å². The number of amides is 1. The first kappa shape index (κ1) is 22.9. The zero-order valence-corrected chi connectivity index (χ0v) is 18.5. The van der Waals surface area contributed by atoms with Crippen molar-refractivity contribution in [1.29, 1.82) is 5.26 Å². The van der Waals surface area contributed by atoms with E-state index in [0.717, 1.165) is 15.2 Å². The first-order chi connectivity index (χ1) is 15.4. The van der Waals surface area contributed by atoms with Gasteiger partial charge in [0, 0.05) is 0 Å². The van der Waals surface area contributed by atoms with E-state index in [9.17, 15) is 14.0 Å². The number of aromatic carboxylic acids is 1. The van der Waals surface area contributed by atoms with Gasteiger partial charge in [-0.1, -0.05) is 12.1 Å². The smallest absolute Gasteiger partial charge is 0.335 e. The molecule has 0 heterocycles. The lowest BCUT2D eigenvalue weighted by atomic mass is 10.1. The Morgan fingerprint density at radius 2 is 1.91 bits per heavy atom. The van der Waals surface area contributed by atoms with Crippen LogP contribution in [-0.4, -0.2) is 23.2 Å². The molecule has 0 atom stereocenters. The Balaban J connectivity index is 1.58. The Hall–Kier alpha value is -3.78. The number of halogens is 2. The number of carbonyl (C=O) groups excluding carboxylic acids is 1. The molecule has 1 amide bonds. The van der Waals surface area contributed by atoms with Crippen molar-refractivity contribution in [1.82, 2.24) is 5.43 Å². The van der Waals surface area contributed by atoms with Crippen LogP contribution in [0, 0.1) is 20.7 Å². The van der Waals surface area contributed by atoms with Gasteiger partial charge in [-0.2, -0.15) is 10.4 Å². The fourth-order valence-electron chi connectivity index (χ4n) is 2.61. The molecule has 160 valence electrons. The number of nitriles is 1. The highest BCUT2D eigenvalue weighted by atomic mass is 127. The molecule has 3 aromatic rings. The fraction of sp³-hybridized carbons (Fsp3) is 0.0435. The quantitative estimate of drug-likeness (QED) is 0.262. The minimum Gasteiger partial charge on any atom is -0.488 e.